The molecule has 1 amide bonds. The quantitative estimate of drug-likeness (QED) is 0.434. The van der Waals surface area contributed by atoms with E-state index in [1.54, 1.807) is 31.4 Å². The van der Waals surface area contributed by atoms with Gasteiger partial charge in [0.1, 0.15) is 29.2 Å². The van der Waals surface area contributed by atoms with Gasteiger partial charge in [0.05, 0.1) is 25.0 Å². The number of hydrogen-bond acceptors (Lipinski definition) is 7. The summed E-state index contributed by atoms with van der Waals surface area (Å²) in [4.78, 5) is 29.9. The minimum absolute atomic E-state index is 0.0205. The van der Waals surface area contributed by atoms with Crippen molar-refractivity contribution in [2.24, 2.45) is 5.92 Å². The normalized spacial score (nSPS) is 11.7. The summed E-state index contributed by atoms with van der Waals surface area (Å²) in [6, 6.07) is 13.6. The highest BCUT2D eigenvalue weighted by molar-refractivity contribution is 7.13. The van der Waals surface area contributed by atoms with Crippen LogP contribution in [-0.2, 0) is 16.1 Å². The molecule has 0 saturated carbocycles. The van der Waals surface area contributed by atoms with Crippen LogP contribution in [0.1, 0.15) is 36.8 Å². The van der Waals surface area contributed by atoms with Crippen LogP contribution in [0.3, 0.4) is 0 Å². The number of benzene rings is 2. The van der Waals surface area contributed by atoms with Crippen molar-refractivity contribution in [3.8, 4) is 22.1 Å². The first-order chi connectivity index (χ1) is 15.9. The molecule has 0 bridgehead atoms. The van der Waals surface area contributed by atoms with Crippen LogP contribution in [0.5, 0.6) is 11.5 Å². The monoisotopic (exact) mass is 468 g/mol. The van der Waals surface area contributed by atoms with E-state index in [2.05, 4.69) is 10.3 Å². The summed E-state index contributed by atoms with van der Waals surface area (Å²) in [6.07, 6.45) is 0. The SMILES string of the molecule is CCOc1ccc(C(=O)N[C@H](C(=O)OCc2csc(-c3ccccc3OC)n2)C(C)C)cc1. The van der Waals surface area contributed by atoms with Crippen molar-refractivity contribution in [1.29, 1.82) is 0 Å². The van der Waals surface area contributed by atoms with Crippen molar-refractivity contribution in [2.75, 3.05) is 13.7 Å². The molecule has 1 atom stereocenters. The second kappa shape index (κ2) is 11.5. The van der Waals surface area contributed by atoms with Gasteiger partial charge in [0.25, 0.3) is 5.91 Å². The van der Waals surface area contributed by atoms with Crippen molar-refractivity contribution in [3.63, 3.8) is 0 Å². The Balaban J connectivity index is 1.61. The number of rotatable bonds is 10. The molecule has 1 aromatic heterocycles. The maximum Gasteiger partial charge on any atom is 0.329 e. The van der Waals surface area contributed by atoms with E-state index in [0.29, 0.717) is 23.6 Å². The maximum atomic E-state index is 12.7. The average molecular weight is 469 g/mol. The second-order valence-electron chi connectivity index (χ2n) is 7.60. The number of methoxy groups -OCH3 is 1. The number of esters is 1. The number of nitrogens with zero attached hydrogens (tertiary/aromatic N) is 1. The van der Waals surface area contributed by atoms with E-state index >= 15 is 0 Å². The standard InChI is InChI=1S/C25H28N2O5S/c1-5-31-19-12-10-17(11-13-19)23(28)27-22(16(2)3)25(29)32-14-18-15-33-24(26-18)20-8-6-7-9-21(20)30-4/h6-13,15-16,22H,5,14H2,1-4H3,(H,27,28)/t22-/m0/s1. The number of carbonyl (C=O) groups is 2. The molecule has 3 rings (SSSR count). The largest absolute Gasteiger partial charge is 0.496 e. The number of para-hydroxylation sites is 1. The Morgan fingerprint density at radius 2 is 1.82 bits per heavy atom. The predicted molar refractivity (Wildman–Crippen MR) is 128 cm³/mol. The number of hydrogen-bond donors (Lipinski definition) is 1. The molecular formula is C25H28N2O5S. The lowest BCUT2D eigenvalue weighted by molar-refractivity contribution is -0.148. The van der Waals surface area contributed by atoms with Gasteiger partial charge in [-0.1, -0.05) is 26.0 Å². The van der Waals surface area contributed by atoms with E-state index in [1.807, 2.05) is 50.4 Å². The number of thiazole rings is 1. The van der Waals surface area contributed by atoms with E-state index < -0.39 is 12.0 Å². The van der Waals surface area contributed by atoms with E-state index in [0.717, 1.165) is 16.3 Å². The van der Waals surface area contributed by atoms with Crippen LogP contribution in [-0.4, -0.2) is 36.6 Å². The van der Waals surface area contributed by atoms with Gasteiger partial charge in [-0.2, -0.15) is 0 Å². The Bertz CT molecular complexity index is 1080. The average Bonchev–Trinajstić information content (AvgIpc) is 3.30. The third-order valence-corrected chi connectivity index (χ3v) is 5.81. The van der Waals surface area contributed by atoms with Gasteiger partial charge >= 0.3 is 5.97 Å². The van der Waals surface area contributed by atoms with Crippen LogP contribution in [0, 0.1) is 5.92 Å². The first kappa shape index (κ1) is 24.3. The maximum absolute atomic E-state index is 12.7. The van der Waals surface area contributed by atoms with Crippen molar-refractivity contribution in [1.82, 2.24) is 10.3 Å². The van der Waals surface area contributed by atoms with Crippen LogP contribution >= 0.6 is 11.3 Å². The highest BCUT2D eigenvalue weighted by Crippen LogP contribution is 2.32. The highest BCUT2D eigenvalue weighted by Gasteiger charge is 2.26. The van der Waals surface area contributed by atoms with E-state index in [1.165, 1.54) is 11.3 Å². The Morgan fingerprint density at radius 3 is 2.48 bits per heavy atom. The van der Waals surface area contributed by atoms with Gasteiger partial charge in [-0.15, -0.1) is 11.3 Å². The van der Waals surface area contributed by atoms with Crippen molar-refractivity contribution >= 4 is 23.2 Å². The van der Waals surface area contributed by atoms with Gasteiger partial charge in [-0.05, 0) is 49.2 Å². The zero-order valence-electron chi connectivity index (χ0n) is 19.2. The highest BCUT2D eigenvalue weighted by atomic mass is 32.1. The predicted octanol–water partition coefficient (Wildman–Crippen LogP) is 4.72. The number of amides is 1. The molecule has 1 N–H and O–H groups in total. The fraction of sp³-hybridized carbons (Fsp3) is 0.320. The molecule has 33 heavy (non-hydrogen) atoms. The Labute approximate surface area is 197 Å². The van der Waals surface area contributed by atoms with Gasteiger partial charge in [0.2, 0.25) is 0 Å². The summed E-state index contributed by atoms with van der Waals surface area (Å²) < 4.78 is 16.3. The molecule has 0 radical (unpaired) electrons. The minimum Gasteiger partial charge on any atom is -0.496 e. The van der Waals surface area contributed by atoms with Crippen LogP contribution < -0.4 is 14.8 Å². The van der Waals surface area contributed by atoms with Crippen LogP contribution in [0.25, 0.3) is 10.6 Å². The third kappa shape index (κ3) is 6.32. The first-order valence-corrected chi connectivity index (χ1v) is 11.6. The van der Waals surface area contributed by atoms with Crippen LogP contribution in [0.4, 0.5) is 0 Å². The molecule has 0 unspecified atom stereocenters. The van der Waals surface area contributed by atoms with Gasteiger partial charge < -0.3 is 19.5 Å². The molecule has 1 heterocycles. The molecule has 0 aliphatic carbocycles. The summed E-state index contributed by atoms with van der Waals surface area (Å²) >= 11 is 1.45. The van der Waals surface area contributed by atoms with E-state index in [-0.39, 0.29) is 18.4 Å². The lowest BCUT2D eigenvalue weighted by atomic mass is 10.0. The summed E-state index contributed by atoms with van der Waals surface area (Å²) in [5.74, 6) is 0.414. The minimum atomic E-state index is -0.781. The molecule has 0 spiro atoms. The number of ether oxygens (including phenoxy) is 3. The number of nitrogens with one attached hydrogen (secondary N) is 1. The summed E-state index contributed by atoms with van der Waals surface area (Å²) in [5.41, 5.74) is 1.96. The Hall–Kier alpha value is -3.39. The number of carbonyl (C=O) groups excluding carboxylic acids is 2. The van der Waals surface area contributed by atoms with Crippen LogP contribution in [0.15, 0.2) is 53.9 Å². The zero-order chi connectivity index (χ0) is 23.8. The molecule has 7 nitrogen and oxygen atoms in total. The topological polar surface area (TPSA) is 86.8 Å². The molecule has 0 aliphatic rings. The Morgan fingerprint density at radius 1 is 1.09 bits per heavy atom. The molecule has 0 fully saturated rings. The number of aromatic nitrogens is 1. The van der Waals surface area contributed by atoms with E-state index in [9.17, 15) is 9.59 Å². The molecular weight excluding hydrogens is 440 g/mol. The van der Waals surface area contributed by atoms with Crippen molar-refractivity contribution < 1.29 is 23.8 Å². The summed E-state index contributed by atoms with van der Waals surface area (Å²) in [5, 5.41) is 5.40. The van der Waals surface area contributed by atoms with E-state index in [4.69, 9.17) is 14.2 Å². The second-order valence-corrected chi connectivity index (χ2v) is 8.46. The molecule has 0 saturated heterocycles. The van der Waals surface area contributed by atoms with Gasteiger partial charge in [-0.25, -0.2) is 9.78 Å². The van der Waals surface area contributed by atoms with Gasteiger partial charge in [-0.3, -0.25) is 4.79 Å². The first-order valence-electron chi connectivity index (χ1n) is 10.7. The van der Waals surface area contributed by atoms with Gasteiger partial charge in [0, 0.05) is 10.9 Å². The van der Waals surface area contributed by atoms with Crippen molar-refractivity contribution in [2.45, 2.75) is 33.4 Å². The molecule has 174 valence electrons. The fourth-order valence-electron chi connectivity index (χ4n) is 3.14. The van der Waals surface area contributed by atoms with Crippen molar-refractivity contribution in [3.05, 3.63) is 65.2 Å². The fourth-order valence-corrected chi connectivity index (χ4v) is 3.98. The molecule has 8 heteroatoms. The molecule has 0 aliphatic heterocycles. The summed E-state index contributed by atoms with van der Waals surface area (Å²) in [6.45, 7) is 6.17. The summed E-state index contributed by atoms with van der Waals surface area (Å²) in [7, 11) is 1.61. The zero-order valence-corrected chi connectivity index (χ0v) is 20.0. The lowest BCUT2D eigenvalue weighted by Gasteiger charge is -2.20. The smallest absolute Gasteiger partial charge is 0.329 e. The Kier molecular flexibility index (Phi) is 8.43. The third-order valence-electron chi connectivity index (χ3n) is 4.89. The lowest BCUT2D eigenvalue weighted by Crippen LogP contribution is -2.45. The molecule has 3 aromatic rings. The van der Waals surface area contributed by atoms with Crippen LogP contribution in [0.2, 0.25) is 0 Å². The van der Waals surface area contributed by atoms with Gasteiger partial charge in [0.15, 0.2) is 0 Å². The molecule has 2 aromatic carbocycles.